The highest BCUT2D eigenvalue weighted by atomic mass is 79.9. The maximum Gasteiger partial charge on any atom is 0.410 e. The summed E-state index contributed by atoms with van der Waals surface area (Å²) in [5.41, 5.74) is 0.711. The molecule has 0 aliphatic carbocycles. The maximum absolute atomic E-state index is 14.0. The molecule has 31 heavy (non-hydrogen) atoms. The quantitative estimate of drug-likeness (QED) is 0.598. The third-order valence-electron chi connectivity index (χ3n) is 4.92. The zero-order valence-electron chi connectivity index (χ0n) is 18.1. The van der Waals surface area contributed by atoms with Crippen LogP contribution in [-0.4, -0.2) is 46.2 Å². The highest BCUT2D eigenvalue weighted by molar-refractivity contribution is 9.10. The molecule has 1 aromatic heterocycles. The Kier molecular flexibility index (Phi) is 7.83. The van der Waals surface area contributed by atoms with Crippen LogP contribution in [0.4, 0.5) is 20.7 Å². The van der Waals surface area contributed by atoms with Crippen LogP contribution < -0.4 is 10.6 Å². The van der Waals surface area contributed by atoms with E-state index in [2.05, 4.69) is 36.5 Å². The molecule has 2 aromatic rings. The molecule has 0 radical (unpaired) electrons. The maximum atomic E-state index is 14.0. The predicted octanol–water partition coefficient (Wildman–Crippen LogP) is 4.86. The minimum absolute atomic E-state index is 0.234. The Labute approximate surface area is 190 Å². The van der Waals surface area contributed by atoms with Crippen LogP contribution >= 0.6 is 15.9 Å². The van der Waals surface area contributed by atoms with Gasteiger partial charge in [0, 0.05) is 30.2 Å². The lowest BCUT2D eigenvalue weighted by Gasteiger charge is -2.33. The van der Waals surface area contributed by atoms with Crippen molar-refractivity contribution in [1.82, 2.24) is 20.2 Å². The highest BCUT2D eigenvalue weighted by Crippen LogP contribution is 2.23. The van der Waals surface area contributed by atoms with E-state index in [-0.39, 0.29) is 11.9 Å². The normalized spacial score (nSPS) is 15.1. The smallest absolute Gasteiger partial charge is 0.410 e. The van der Waals surface area contributed by atoms with Gasteiger partial charge in [-0.25, -0.2) is 19.2 Å². The number of halogens is 2. The summed E-state index contributed by atoms with van der Waals surface area (Å²) >= 11 is 3.25. The standard InChI is InChI=1S/C22H29BrFN5O2/c1-22(2,3)31-21(30)29-8-6-15(7-9-29)12-25-13-17-11-20(27-14-26-17)28-19-5-4-16(23)10-18(19)24/h4-5,10-11,14-15,25H,6-9,12-13H2,1-3H3,(H,26,27,28). The van der Waals surface area contributed by atoms with Gasteiger partial charge in [0.15, 0.2) is 0 Å². The van der Waals surface area contributed by atoms with Gasteiger partial charge in [-0.1, -0.05) is 15.9 Å². The predicted molar refractivity (Wildman–Crippen MR) is 122 cm³/mol. The number of ether oxygens (including phenoxy) is 1. The second kappa shape index (κ2) is 10.4. The van der Waals surface area contributed by atoms with Gasteiger partial charge in [0.1, 0.15) is 23.6 Å². The Morgan fingerprint density at radius 1 is 1.26 bits per heavy atom. The van der Waals surface area contributed by atoms with Crippen molar-refractivity contribution in [3.63, 3.8) is 0 Å². The third-order valence-corrected chi connectivity index (χ3v) is 5.42. The Morgan fingerprint density at radius 3 is 2.68 bits per heavy atom. The van der Waals surface area contributed by atoms with E-state index in [1.54, 1.807) is 23.1 Å². The Bertz CT molecular complexity index is 898. The summed E-state index contributed by atoms with van der Waals surface area (Å²) in [6, 6.07) is 6.63. The molecule has 7 nitrogen and oxygen atoms in total. The minimum Gasteiger partial charge on any atom is -0.444 e. The van der Waals surface area contributed by atoms with Crippen LogP contribution in [0.2, 0.25) is 0 Å². The van der Waals surface area contributed by atoms with Crippen molar-refractivity contribution < 1.29 is 13.9 Å². The van der Waals surface area contributed by atoms with E-state index in [1.165, 1.54) is 12.4 Å². The summed E-state index contributed by atoms with van der Waals surface area (Å²) in [6.07, 6.45) is 3.11. The first-order valence-corrected chi connectivity index (χ1v) is 11.2. The number of rotatable bonds is 6. The first-order valence-electron chi connectivity index (χ1n) is 10.4. The van der Waals surface area contributed by atoms with Crippen molar-refractivity contribution in [2.24, 2.45) is 5.92 Å². The SMILES string of the molecule is CC(C)(C)OC(=O)N1CCC(CNCc2cc(Nc3ccc(Br)cc3F)ncn2)CC1. The van der Waals surface area contributed by atoms with Crippen LogP contribution in [0.1, 0.15) is 39.3 Å². The highest BCUT2D eigenvalue weighted by Gasteiger charge is 2.26. The molecule has 2 heterocycles. The van der Waals surface area contributed by atoms with E-state index < -0.39 is 5.60 Å². The van der Waals surface area contributed by atoms with E-state index in [0.717, 1.165) is 25.1 Å². The van der Waals surface area contributed by atoms with Gasteiger partial charge in [0.2, 0.25) is 0 Å². The molecule has 1 amide bonds. The second-order valence-electron chi connectivity index (χ2n) is 8.69. The zero-order valence-corrected chi connectivity index (χ0v) is 19.7. The summed E-state index contributed by atoms with van der Waals surface area (Å²) in [5.74, 6) is 0.680. The van der Waals surface area contributed by atoms with Gasteiger partial charge < -0.3 is 20.3 Å². The molecule has 0 spiro atoms. The number of carbonyl (C=O) groups is 1. The minimum atomic E-state index is -0.468. The number of nitrogens with zero attached hydrogens (tertiary/aromatic N) is 3. The van der Waals surface area contributed by atoms with Gasteiger partial charge in [-0.2, -0.15) is 0 Å². The summed E-state index contributed by atoms with van der Waals surface area (Å²) in [7, 11) is 0. The number of carbonyl (C=O) groups excluding carboxylic acids is 1. The van der Waals surface area contributed by atoms with Crippen LogP contribution in [0.3, 0.4) is 0 Å². The molecule has 1 saturated heterocycles. The van der Waals surface area contributed by atoms with Crippen molar-refractivity contribution in [2.45, 2.75) is 45.8 Å². The molecular formula is C22H29BrFN5O2. The Balaban J connectivity index is 1.43. The van der Waals surface area contributed by atoms with E-state index in [1.807, 2.05) is 20.8 Å². The lowest BCUT2D eigenvalue weighted by molar-refractivity contribution is 0.0184. The van der Waals surface area contributed by atoms with Crippen LogP contribution in [0.25, 0.3) is 0 Å². The molecule has 1 fully saturated rings. The topological polar surface area (TPSA) is 79.4 Å². The van der Waals surface area contributed by atoms with E-state index in [9.17, 15) is 9.18 Å². The first kappa shape index (κ1) is 23.4. The van der Waals surface area contributed by atoms with Crippen molar-refractivity contribution >= 4 is 33.5 Å². The lowest BCUT2D eigenvalue weighted by Crippen LogP contribution is -2.43. The third kappa shape index (κ3) is 7.43. The summed E-state index contributed by atoms with van der Waals surface area (Å²) in [4.78, 5) is 22.4. The number of aromatic nitrogens is 2. The molecule has 1 aromatic carbocycles. The van der Waals surface area contributed by atoms with Crippen molar-refractivity contribution in [1.29, 1.82) is 0 Å². The number of amides is 1. The summed E-state index contributed by atoms with van der Waals surface area (Å²) < 4.78 is 20.1. The van der Waals surface area contributed by atoms with Gasteiger partial charge in [-0.05, 0) is 64.3 Å². The summed E-state index contributed by atoms with van der Waals surface area (Å²) in [5, 5.41) is 6.42. The van der Waals surface area contributed by atoms with Gasteiger partial charge >= 0.3 is 6.09 Å². The van der Waals surface area contributed by atoms with Crippen LogP contribution in [0, 0.1) is 11.7 Å². The summed E-state index contributed by atoms with van der Waals surface area (Å²) in [6.45, 7) is 8.49. The molecule has 0 bridgehead atoms. The molecule has 0 saturated carbocycles. The van der Waals surface area contributed by atoms with Gasteiger partial charge in [-0.3, -0.25) is 0 Å². The molecule has 3 rings (SSSR count). The molecular weight excluding hydrogens is 465 g/mol. The van der Waals surface area contributed by atoms with Gasteiger partial charge in [0.05, 0.1) is 11.4 Å². The molecule has 1 aliphatic heterocycles. The number of nitrogens with one attached hydrogen (secondary N) is 2. The van der Waals surface area contributed by atoms with Crippen molar-refractivity contribution in [2.75, 3.05) is 25.0 Å². The fraction of sp³-hybridized carbons (Fsp3) is 0.500. The number of benzene rings is 1. The first-order chi connectivity index (χ1) is 14.7. The fourth-order valence-electron chi connectivity index (χ4n) is 3.34. The van der Waals surface area contributed by atoms with E-state index in [0.29, 0.717) is 41.5 Å². The van der Waals surface area contributed by atoms with Crippen LogP contribution in [0.5, 0.6) is 0 Å². The van der Waals surface area contributed by atoms with E-state index in [4.69, 9.17) is 4.74 Å². The van der Waals surface area contributed by atoms with Gasteiger partial charge in [-0.15, -0.1) is 0 Å². The van der Waals surface area contributed by atoms with Crippen molar-refractivity contribution in [3.05, 3.63) is 46.6 Å². The van der Waals surface area contributed by atoms with Crippen LogP contribution in [-0.2, 0) is 11.3 Å². The average Bonchev–Trinajstić information content (AvgIpc) is 2.70. The van der Waals surface area contributed by atoms with Gasteiger partial charge in [0.25, 0.3) is 0 Å². The lowest BCUT2D eigenvalue weighted by atomic mass is 9.97. The number of piperidine rings is 1. The molecule has 0 unspecified atom stereocenters. The molecule has 1 aliphatic rings. The number of likely N-dealkylation sites (tertiary alicyclic amines) is 1. The molecule has 168 valence electrons. The van der Waals surface area contributed by atoms with E-state index >= 15 is 0 Å². The van der Waals surface area contributed by atoms with Crippen LogP contribution in [0.15, 0.2) is 35.1 Å². The molecule has 0 atom stereocenters. The Hall–Kier alpha value is -2.26. The fourth-order valence-corrected chi connectivity index (χ4v) is 3.68. The number of hydrogen-bond donors (Lipinski definition) is 2. The average molecular weight is 494 g/mol. The zero-order chi connectivity index (χ0) is 22.4. The van der Waals surface area contributed by atoms with Crippen molar-refractivity contribution in [3.8, 4) is 0 Å². The number of anilines is 2. The molecule has 2 N–H and O–H groups in total. The second-order valence-corrected chi connectivity index (χ2v) is 9.60. The largest absolute Gasteiger partial charge is 0.444 e. The molecule has 9 heteroatoms. The monoisotopic (exact) mass is 493 g/mol. The Morgan fingerprint density at radius 2 is 2.00 bits per heavy atom. The number of hydrogen-bond acceptors (Lipinski definition) is 6.